The van der Waals surface area contributed by atoms with Crippen molar-refractivity contribution in [3.8, 4) is 0 Å². The van der Waals surface area contributed by atoms with Gasteiger partial charge in [0.2, 0.25) is 5.03 Å². The SMILES string of the molecule is [C-]#[N+]C1=C[C@@](C)(c2cc(N)ccc2F)N=C(N)S1. The van der Waals surface area contributed by atoms with Crippen molar-refractivity contribution in [2.75, 3.05) is 5.73 Å². The smallest absolute Gasteiger partial charge is 0.226 e. The number of hydrogen-bond acceptors (Lipinski definition) is 4. The Morgan fingerprint density at radius 2 is 2.17 bits per heavy atom. The van der Waals surface area contributed by atoms with Crippen LogP contribution in [0.25, 0.3) is 4.85 Å². The number of nitrogen functional groups attached to an aromatic ring is 1. The minimum atomic E-state index is -0.991. The minimum Gasteiger partial charge on any atom is -0.399 e. The number of anilines is 1. The zero-order chi connectivity index (χ0) is 13.3. The molecular formula is C12H11FN4S. The van der Waals surface area contributed by atoms with Gasteiger partial charge in [-0.2, -0.15) is 0 Å². The fourth-order valence-corrected chi connectivity index (χ4v) is 2.57. The molecule has 0 radical (unpaired) electrons. The Morgan fingerprint density at radius 1 is 1.44 bits per heavy atom. The summed E-state index contributed by atoms with van der Waals surface area (Å²) >= 11 is 1.07. The number of nitrogens with two attached hydrogens (primary N) is 2. The van der Waals surface area contributed by atoms with Crippen molar-refractivity contribution in [1.29, 1.82) is 0 Å². The number of halogens is 1. The second kappa shape index (κ2) is 4.35. The zero-order valence-corrected chi connectivity index (χ0v) is 10.5. The average molecular weight is 262 g/mol. The monoisotopic (exact) mass is 262 g/mol. The number of hydrogen-bond donors (Lipinski definition) is 2. The van der Waals surface area contributed by atoms with Gasteiger partial charge in [-0.05, 0) is 31.2 Å². The van der Waals surface area contributed by atoms with Crippen molar-refractivity contribution >= 4 is 22.6 Å². The van der Waals surface area contributed by atoms with Crippen LogP contribution in [0, 0.1) is 12.4 Å². The van der Waals surface area contributed by atoms with E-state index in [0.29, 0.717) is 16.3 Å². The fraction of sp³-hybridized carbons (Fsp3) is 0.167. The van der Waals surface area contributed by atoms with Crippen LogP contribution in [0.2, 0.25) is 0 Å². The molecule has 1 atom stereocenters. The predicted molar refractivity (Wildman–Crippen MR) is 72.1 cm³/mol. The summed E-state index contributed by atoms with van der Waals surface area (Å²) in [5.41, 5.74) is 11.1. The highest BCUT2D eigenvalue weighted by molar-refractivity contribution is 8.17. The molecule has 0 aliphatic carbocycles. The van der Waals surface area contributed by atoms with Crippen molar-refractivity contribution in [3.05, 3.63) is 52.1 Å². The van der Waals surface area contributed by atoms with Crippen LogP contribution in [0.1, 0.15) is 12.5 Å². The maximum absolute atomic E-state index is 13.9. The van der Waals surface area contributed by atoms with Crippen LogP contribution in [-0.2, 0) is 5.54 Å². The van der Waals surface area contributed by atoms with E-state index in [9.17, 15) is 4.39 Å². The third kappa shape index (κ3) is 2.17. The van der Waals surface area contributed by atoms with E-state index in [2.05, 4.69) is 9.84 Å². The summed E-state index contributed by atoms with van der Waals surface area (Å²) in [4.78, 5) is 7.56. The highest BCUT2D eigenvalue weighted by Crippen LogP contribution is 2.38. The summed E-state index contributed by atoms with van der Waals surface area (Å²) in [5, 5.41) is 0.625. The number of benzene rings is 1. The second-order valence-corrected chi connectivity index (χ2v) is 5.07. The first-order valence-electron chi connectivity index (χ1n) is 5.13. The van der Waals surface area contributed by atoms with Crippen LogP contribution in [0.4, 0.5) is 10.1 Å². The lowest BCUT2D eigenvalue weighted by Gasteiger charge is -2.27. The molecule has 0 unspecified atom stereocenters. The van der Waals surface area contributed by atoms with Gasteiger partial charge in [0.15, 0.2) is 0 Å². The summed E-state index contributed by atoms with van der Waals surface area (Å²) in [6, 6.07) is 4.28. The van der Waals surface area contributed by atoms with E-state index in [1.165, 1.54) is 18.2 Å². The predicted octanol–water partition coefficient (Wildman–Crippen LogP) is 2.45. The number of rotatable bonds is 1. The van der Waals surface area contributed by atoms with Crippen LogP contribution in [0.5, 0.6) is 0 Å². The molecule has 1 aliphatic heterocycles. The number of thioether (sulfide) groups is 1. The molecule has 1 aromatic carbocycles. The summed E-state index contributed by atoms with van der Waals surface area (Å²) in [6.07, 6.45) is 1.60. The summed E-state index contributed by atoms with van der Waals surface area (Å²) in [7, 11) is 0. The molecule has 0 amide bonds. The summed E-state index contributed by atoms with van der Waals surface area (Å²) < 4.78 is 13.9. The van der Waals surface area contributed by atoms with Crippen LogP contribution in [-0.4, -0.2) is 5.17 Å². The molecule has 4 N–H and O–H groups in total. The number of aliphatic imine (C=N–C) groups is 1. The minimum absolute atomic E-state index is 0.243. The first kappa shape index (κ1) is 12.5. The van der Waals surface area contributed by atoms with Crippen LogP contribution >= 0.6 is 11.8 Å². The molecule has 1 aliphatic rings. The Kier molecular flexibility index (Phi) is 3.01. The lowest BCUT2D eigenvalue weighted by Crippen LogP contribution is -2.26. The molecule has 0 bridgehead atoms. The third-order valence-corrected chi connectivity index (χ3v) is 3.32. The summed E-state index contributed by atoms with van der Waals surface area (Å²) in [5.74, 6) is -0.421. The van der Waals surface area contributed by atoms with E-state index in [1.54, 1.807) is 13.0 Å². The van der Waals surface area contributed by atoms with Gasteiger partial charge >= 0.3 is 0 Å². The van der Waals surface area contributed by atoms with Crippen molar-refractivity contribution in [3.63, 3.8) is 0 Å². The highest BCUT2D eigenvalue weighted by atomic mass is 32.2. The molecule has 2 rings (SSSR count). The van der Waals surface area contributed by atoms with E-state index in [0.717, 1.165) is 11.8 Å². The Bertz CT molecular complexity index is 603. The Hall–Kier alpha value is -2.00. The van der Waals surface area contributed by atoms with Gasteiger partial charge in [-0.25, -0.2) is 14.2 Å². The highest BCUT2D eigenvalue weighted by Gasteiger charge is 2.31. The molecule has 0 fully saturated rings. The fourth-order valence-electron chi connectivity index (χ4n) is 1.78. The molecule has 0 aromatic heterocycles. The quantitative estimate of drug-likeness (QED) is 0.603. The first-order valence-corrected chi connectivity index (χ1v) is 5.95. The maximum atomic E-state index is 13.9. The molecule has 0 saturated heterocycles. The van der Waals surface area contributed by atoms with E-state index in [1.807, 2.05) is 0 Å². The van der Waals surface area contributed by atoms with Gasteiger partial charge in [0, 0.05) is 11.3 Å². The molecule has 6 heteroatoms. The number of nitrogens with zero attached hydrogens (tertiary/aromatic N) is 2. The molecule has 1 aromatic rings. The molecule has 0 spiro atoms. The van der Waals surface area contributed by atoms with Crippen molar-refractivity contribution < 1.29 is 4.39 Å². The third-order valence-electron chi connectivity index (χ3n) is 2.60. The topological polar surface area (TPSA) is 68.8 Å². The van der Waals surface area contributed by atoms with E-state index < -0.39 is 11.4 Å². The van der Waals surface area contributed by atoms with E-state index >= 15 is 0 Å². The molecule has 92 valence electrons. The lowest BCUT2D eigenvalue weighted by atomic mass is 9.91. The van der Waals surface area contributed by atoms with Crippen LogP contribution in [0.3, 0.4) is 0 Å². The Balaban J connectivity index is 2.60. The first-order chi connectivity index (χ1) is 8.44. The van der Waals surface area contributed by atoms with Crippen molar-refractivity contribution in [1.82, 2.24) is 0 Å². The number of amidine groups is 1. The van der Waals surface area contributed by atoms with Crippen LogP contribution < -0.4 is 11.5 Å². The summed E-state index contributed by atoms with van der Waals surface area (Å²) in [6.45, 7) is 8.73. The molecule has 0 saturated carbocycles. The Labute approximate surface area is 108 Å². The van der Waals surface area contributed by atoms with Crippen molar-refractivity contribution in [2.24, 2.45) is 10.7 Å². The maximum Gasteiger partial charge on any atom is 0.226 e. The molecule has 18 heavy (non-hydrogen) atoms. The zero-order valence-electron chi connectivity index (χ0n) is 9.64. The van der Waals surface area contributed by atoms with Gasteiger partial charge in [0.05, 0.1) is 12.1 Å². The molecule has 1 heterocycles. The van der Waals surface area contributed by atoms with Crippen LogP contribution in [0.15, 0.2) is 34.3 Å². The van der Waals surface area contributed by atoms with E-state index in [4.69, 9.17) is 18.0 Å². The van der Waals surface area contributed by atoms with E-state index in [-0.39, 0.29) is 5.17 Å². The largest absolute Gasteiger partial charge is 0.399 e. The Morgan fingerprint density at radius 3 is 2.83 bits per heavy atom. The van der Waals surface area contributed by atoms with Gasteiger partial charge in [-0.1, -0.05) is 11.8 Å². The van der Waals surface area contributed by atoms with Gasteiger partial charge < -0.3 is 11.5 Å². The normalized spacial score (nSPS) is 22.9. The van der Waals surface area contributed by atoms with Crippen molar-refractivity contribution in [2.45, 2.75) is 12.5 Å². The van der Waals surface area contributed by atoms with Gasteiger partial charge in [0.1, 0.15) is 11.0 Å². The van der Waals surface area contributed by atoms with Gasteiger partial charge in [-0.15, -0.1) is 0 Å². The van der Waals surface area contributed by atoms with Gasteiger partial charge in [0.25, 0.3) is 0 Å². The molecular weight excluding hydrogens is 251 g/mol. The van der Waals surface area contributed by atoms with Gasteiger partial charge in [-0.3, -0.25) is 0 Å². The lowest BCUT2D eigenvalue weighted by molar-refractivity contribution is 0.545. The standard InChI is InChI=1S/C12H11FN4S/c1-12(6-10(16-2)18-11(15)17-12)8-5-7(14)3-4-9(8)13/h3-6H,14H2,1H3,(H2,15,17)/t12-/m0/s1. The average Bonchev–Trinajstić information content (AvgIpc) is 2.31. The second-order valence-electron chi connectivity index (χ2n) is 4.03. The molecule has 4 nitrogen and oxygen atoms in total.